The van der Waals surface area contributed by atoms with Gasteiger partial charge in [0.1, 0.15) is 5.70 Å². The normalized spacial score (nSPS) is 30.1. The molecule has 1 N–H and O–H groups in total. The first-order valence-corrected chi connectivity index (χ1v) is 5.22. The van der Waals surface area contributed by atoms with Crippen molar-refractivity contribution in [2.45, 2.75) is 5.37 Å². The van der Waals surface area contributed by atoms with Crippen molar-refractivity contribution in [2.24, 2.45) is 5.92 Å². The number of fused-ring (bicyclic) bond motifs is 1. The van der Waals surface area contributed by atoms with Crippen LogP contribution in [0.3, 0.4) is 0 Å². The lowest BCUT2D eigenvalue weighted by atomic mass is 9.97. The number of β-lactam (4-membered cyclic amide) rings is 1. The monoisotopic (exact) mass is 211 g/mol. The summed E-state index contributed by atoms with van der Waals surface area (Å²) in [5, 5.41) is 8.78. The van der Waals surface area contributed by atoms with Crippen molar-refractivity contribution in [1.29, 1.82) is 0 Å². The zero-order chi connectivity index (χ0) is 10.3. The molecule has 0 aromatic heterocycles. The molecule has 0 aliphatic carbocycles. The number of carboxylic acid groups (broad SMARTS) is 1. The zero-order valence-electron chi connectivity index (χ0n) is 7.34. The standard InChI is InChI=1S/C9H9NO3S/c1-2-5-7(11)10-6(9(12)13)3-4-14-8(5)10/h2-3,5,8H,1,4H2,(H,12,13)/t5?,8-/m0/s1. The summed E-state index contributed by atoms with van der Waals surface area (Å²) in [4.78, 5) is 23.6. The fourth-order valence-electron chi connectivity index (χ4n) is 1.65. The van der Waals surface area contributed by atoms with Crippen LogP contribution in [-0.2, 0) is 9.59 Å². The molecule has 74 valence electrons. The third kappa shape index (κ3) is 1.09. The molecular formula is C9H9NO3S. The van der Waals surface area contributed by atoms with Crippen LogP contribution >= 0.6 is 11.8 Å². The van der Waals surface area contributed by atoms with Crippen LogP contribution in [0.4, 0.5) is 0 Å². The Morgan fingerprint density at radius 2 is 2.50 bits per heavy atom. The molecule has 0 radical (unpaired) electrons. The number of carboxylic acids is 1. The van der Waals surface area contributed by atoms with E-state index in [1.807, 2.05) is 0 Å². The highest BCUT2D eigenvalue weighted by molar-refractivity contribution is 8.00. The second kappa shape index (κ2) is 3.16. The fourth-order valence-corrected chi connectivity index (χ4v) is 2.90. The van der Waals surface area contributed by atoms with Crippen LogP contribution in [-0.4, -0.2) is 33.0 Å². The van der Waals surface area contributed by atoms with Crippen LogP contribution in [0, 0.1) is 5.92 Å². The van der Waals surface area contributed by atoms with E-state index in [0.29, 0.717) is 5.75 Å². The van der Waals surface area contributed by atoms with E-state index in [1.54, 1.807) is 23.9 Å². The molecule has 0 aromatic carbocycles. The van der Waals surface area contributed by atoms with Gasteiger partial charge in [-0.2, -0.15) is 0 Å². The van der Waals surface area contributed by atoms with Gasteiger partial charge in [-0.15, -0.1) is 18.3 Å². The number of nitrogens with zero attached hydrogens (tertiary/aromatic N) is 1. The van der Waals surface area contributed by atoms with E-state index in [9.17, 15) is 9.59 Å². The first kappa shape index (κ1) is 9.33. The lowest BCUT2D eigenvalue weighted by Gasteiger charge is -2.47. The molecule has 0 aromatic rings. The summed E-state index contributed by atoms with van der Waals surface area (Å²) in [5.74, 6) is -0.777. The van der Waals surface area contributed by atoms with E-state index in [1.165, 1.54) is 4.90 Å². The summed E-state index contributed by atoms with van der Waals surface area (Å²) >= 11 is 1.56. The molecule has 0 spiro atoms. The van der Waals surface area contributed by atoms with Gasteiger partial charge in [-0.05, 0) is 6.08 Å². The van der Waals surface area contributed by atoms with Crippen molar-refractivity contribution >= 4 is 23.6 Å². The third-order valence-electron chi connectivity index (χ3n) is 2.36. The number of hydrogen-bond acceptors (Lipinski definition) is 3. The van der Waals surface area contributed by atoms with Gasteiger partial charge in [-0.1, -0.05) is 6.08 Å². The molecule has 5 heteroatoms. The summed E-state index contributed by atoms with van der Waals surface area (Å²) in [6, 6.07) is 0. The Morgan fingerprint density at radius 3 is 3.07 bits per heavy atom. The average Bonchev–Trinajstić information content (AvgIpc) is 2.16. The maximum absolute atomic E-state index is 11.5. The predicted molar refractivity (Wildman–Crippen MR) is 52.5 cm³/mol. The minimum absolute atomic E-state index is 0.0592. The highest BCUT2D eigenvalue weighted by Gasteiger charge is 2.50. The van der Waals surface area contributed by atoms with Gasteiger partial charge in [-0.3, -0.25) is 9.69 Å². The fraction of sp³-hybridized carbons (Fsp3) is 0.333. The smallest absolute Gasteiger partial charge is 0.352 e. The Balaban J connectivity index is 2.27. The number of aliphatic carboxylic acids is 1. The molecule has 2 atom stereocenters. The first-order chi connectivity index (χ1) is 6.66. The summed E-state index contributed by atoms with van der Waals surface area (Å²) in [5.41, 5.74) is 0.108. The van der Waals surface area contributed by atoms with Gasteiger partial charge in [0.15, 0.2) is 0 Å². The minimum atomic E-state index is -1.04. The molecule has 1 unspecified atom stereocenters. The molecule has 4 nitrogen and oxygen atoms in total. The van der Waals surface area contributed by atoms with Gasteiger partial charge in [-0.25, -0.2) is 4.79 Å². The Bertz CT molecular complexity index is 350. The SMILES string of the molecule is C=CC1C(=O)N2C(C(=O)O)=CCS[C@@H]12. The van der Waals surface area contributed by atoms with Crippen LogP contribution in [0.15, 0.2) is 24.4 Å². The second-order valence-electron chi connectivity index (χ2n) is 3.09. The minimum Gasteiger partial charge on any atom is -0.477 e. The van der Waals surface area contributed by atoms with E-state index in [0.717, 1.165) is 0 Å². The van der Waals surface area contributed by atoms with Crippen molar-refractivity contribution in [2.75, 3.05) is 5.75 Å². The number of thioether (sulfide) groups is 1. The summed E-state index contributed by atoms with van der Waals surface area (Å²) in [6.07, 6.45) is 3.15. The first-order valence-electron chi connectivity index (χ1n) is 4.17. The zero-order valence-corrected chi connectivity index (χ0v) is 8.16. The maximum Gasteiger partial charge on any atom is 0.352 e. The summed E-state index contributed by atoms with van der Waals surface area (Å²) in [7, 11) is 0. The Labute approximate surface area is 85.3 Å². The van der Waals surface area contributed by atoms with Crippen LogP contribution in [0.5, 0.6) is 0 Å². The van der Waals surface area contributed by atoms with Gasteiger partial charge in [0.25, 0.3) is 0 Å². The van der Waals surface area contributed by atoms with Crippen molar-refractivity contribution in [3.63, 3.8) is 0 Å². The average molecular weight is 211 g/mol. The van der Waals surface area contributed by atoms with Crippen molar-refractivity contribution in [1.82, 2.24) is 4.90 Å². The molecule has 2 aliphatic heterocycles. The van der Waals surface area contributed by atoms with Gasteiger partial charge >= 0.3 is 5.97 Å². The van der Waals surface area contributed by atoms with E-state index < -0.39 is 5.97 Å². The Hall–Kier alpha value is -1.23. The van der Waals surface area contributed by atoms with Crippen LogP contribution in [0.2, 0.25) is 0 Å². The quantitative estimate of drug-likeness (QED) is 0.539. The third-order valence-corrected chi connectivity index (χ3v) is 3.57. The number of rotatable bonds is 2. The molecule has 2 heterocycles. The van der Waals surface area contributed by atoms with Crippen LogP contribution < -0.4 is 0 Å². The van der Waals surface area contributed by atoms with Gasteiger partial charge < -0.3 is 5.11 Å². The number of hydrogen-bond donors (Lipinski definition) is 1. The van der Waals surface area contributed by atoms with Crippen molar-refractivity contribution in [3.8, 4) is 0 Å². The molecule has 1 saturated heterocycles. The predicted octanol–water partition coefficient (Wildman–Crippen LogP) is 0.672. The maximum atomic E-state index is 11.5. The lowest BCUT2D eigenvalue weighted by Crippen LogP contribution is -2.59. The van der Waals surface area contributed by atoms with E-state index >= 15 is 0 Å². The largest absolute Gasteiger partial charge is 0.477 e. The Kier molecular flexibility index (Phi) is 2.11. The number of carbonyl (C=O) groups is 2. The Morgan fingerprint density at radius 1 is 1.79 bits per heavy atom. The topological polar surface area (TPSA) is 57.6 Å². The molecular weight excluding hydrogens is 202 g/mol. The molecule has 14 heavy (non-hydrogen) atoms. The lowest BCUT2D eigenvalue weighted by molar-refractivity contribution is -0.149. The number of amides is 1. The van der Waals surface area contributed by atoms with Crippen LogP contribution in [0.1, 0.15) is 0 Å². The molecule has 0 saturated carbocycles. The molecule has 0 bridgehead atoms. The van der Waals surface area contributed by atoms with Crippen molar-refractivity contribution < 1.29 is 14.7 Å². The van der Waals surface area contributed by atoms with Gasteiger partial charge in [0.05, 0.1) is 11.3 Å². The molecule has 2 rings (SSSR count). The van der Waals surface area contributed by atoms with E-state index in [4.69, 9.17) is 5.11 Å². The van der Waals surface area contributed by atoms with Crippen molar-refractivity contribution in [3.05, 3.63) is 24.4 Å². The number of carbonyl (C=O) groups excluding carboxylic acids is 1. The second-order valence-corrected chi connectivity index (χ2v) is 4.24. The van der Waals surface area contributed by atoms with E-state index in [2.05, 4.69) is 6.58 Å². The van der Waals surface area contributed by atoms with Gasteiger partial charge in [0, 0.05) is 5.75 Å². The van der Waals surface area contributed by atoms with Crippen LogP contribution in [0.25, 0.3) is 0 Å². The highest BCUT2D eigenvalue weighted by atomic mass is 32.2. The van der Waals surface area contributed by atoms with E-state index in [-0.39, 0.29) is 22.9 Å². The van der Waals surface area contributed by atoms with Gasteiger partial charge in [0.2, 0.25) is 5.91 Å². The molecule has 1 fully saturated rings. The summed E-state index contributed by atoms with van der Waals surface area (Å²) in [6.45, 7) is 3.57. The highest BCUT2D eigenvalue weighted by Crippen LogP contribution is 2.41. The molecule has 2 aliphatic rings. The summed E-state index contributed by atoms with van der Waals surface area (Å²) < 4.78 is 0. The molecule has 1 amide bonds.